The summed E-state index contributed by atoms with van der Waals surface area (Å²) in [6, 6.07) is 19.0. The van der Waals surface area contributed by atoms with Crippen molar-refractivity contribution >= 4 is 39.1 Å². The number of benzene rings is 3. The number of hydrogen-bond donors (Lipinski definition) is 1. The summed E-state index contributed by atoms with van der Waals surface area (Å²) >= 11 is 6.33. The number of amides is 2. The molecule has 3 rings (SSSR count). The van der Waals surface area contributed by atoms with Crippen LogP contribution in [0, 0.1) is 6.92 Å². The number of sulfonamides is 1. The van der Waals surface area contributed by atoms with Crippen molar-refractivity contribution in [2.24, 2.45) is 0 Å². The first kappa shape index (κ1) is 29.0. The second-order valence-electron chi connectivity index (χ2n) is 8.66. The van der Waals surface area contributed by atoms with E-state index >= 15 is 0 Å². The fraction of sp³-hybridized carbons (Fsp3) is 0.286. The summed E-state index contributed by atoms with van der Waals surface area (Å²) in [5, 5.41) is 2.94. The number of halogens is 1. The summed E-state index contributed by atoms with van der Waals surface area (Å²) in [6.07, 6.45) is 0. The highest BCUT2D eigenvalue weighted by molar-refractivity contribution is 7.92. The van der Waals surface area contributed by atoms with Crippen molar-refractivity contribution in [3.8, 4) is 5.75 Å². The fourth-order valence-electron chi connectivity index (χ4n) is 3.93. The normalized spacial score (nSPS) is 11.9. The lowest BCUT2D eigenvalue weighted by atomic mass is 10.1. The van der Waals surface area contributed by atoms with Crippen molar-refractivity contribution in [3.05, 3.63) is 88.9 Å². The zero-order valence-electron chi connectivity index (χ0n) is 21.8. The van der Waals surface area contributed by atoms with E-state index in [0.29, 0.717) is 12.3 Å². The van der Waals surface area contributed by atoms with Crippen molar-refractivity contribution in [1.82, 2.24) is 10.2 Å². The van der Waals surface area contributed by atoms with Crippen LogP contribution in [0.15, 0.2) is 77.7 Å². The Morgan fingerprint density at radius 1 is 1.03 bits per heavy atom. The minimum atomic E-state index is -4.17. The van der Waals surface area contributed by atoms with E-state index < -0.39 is 28.5 Å². The van der Waals surface area contributed by atoms with Crippen molar-refractivity contribution in [1.29, 1.82) is 0 Å². The lowest BCUT2D eigenvalue weighted by Crippen LogP contribution is -2.51. The van der Waals surface area contributed by atoms with Gasteiger partial charge >= 0.3 is 0 Å². The number of ether oxygens (including phenoxy) is 1. The van der Waals surface area contributed by atoms with E-state index in [0.717, 1.165) is 15.4 Å². The smallest absolute Gasteiger partial charge is 0.264 e. The average molecular weight is 558 g/mol. The van der Waals surface area contributed by atoms with Crippen LogP contribution in [0.3, 0.4) is 0 Å². The molecule has 0 aliphatic carbocycles. The molecule has 0 aliphatic heterocycles. The molecule has 0 saturated carbocycles. The van der Waals surface area contributed by atoms with Gasteiger partial charge in [-0.15, -0.1) is 0 Å². The molecule has 0 radical (unpaired) electrons. The number of aryl methyl sites for hydroxylation is 1. The maximum atomic E-state index is 13.9. The van der Waals surface area contributed by atoms with E-state index in [9.17, 15) is 18.0 Å². The van der Waals surface area contributed by atoms with Gasteiger partial charge in [0, 0.05) is 13.1 Å². The molecule has 38 heavy (non-hydrogen) atoms. The molecular formula is C28H32ClN3O5S. The lowest BCUT2D eigenvalue weighted by Gasteiger charge is -2.32. The lowest BCUT2D eigenvalue weighted by molar-refractivity contribution is -0.139. The van der Waals surface area contributed by atoms with Gasteiger partial charge in [0.15, 0.2) is 0 Å². The Bertz CT molecular complexity index is 1380. The van der Waals surface area contributed by atoms with Crippen LogP contribution in [0.1, 0.15) is 25.0 Å². The van der Waals surface area contributed by atoms with Gasteiger partial charge in [-0.2, -0.15) is 0 Å². The second kappa shape index (κ2) is 12.8. The first-order valence-corrected chi connectivity index (χ1v) is 13.9. The maximum absolute atomic E-state index is 13.9. The summed E-state index contributed by atoms with van der Waals surface area (Å²) in [7, 11) is -2.72. The van der Waals surface area contributed by atoms with Gasteiger partial charge < -0.3 is 15.0 Å². The predicted octanol–water partition coefficient (Wildman–Crippen LogP) is 4.41. The first-order chi connectivity index (χ1) is 18.1. The van der Waals surface area contributed by atoms with E-state index in [1.54, 1.807) is 32.0 Å². The van der Waals surface area contributed by atoms with E-state index in [1.807, 2.05) is 31.2 Å². The molecule has 202 valence electrons. The molecule has 1 unspecified atom stereocenters. The van der Waals surface area contributed by atoms with Gasteiger partial charge in [-0.3, -0.25) is 13.9 Å². The quantitative estimate of drug-likeness (QED) is 0.377. The molecule has 0 heterocycles. The molecule has 0 aliphatic rings. The Labute approximate surface area is 229 Å². The summed E-state index contributed by atoms with van der Waals surface area (Å²) in [5.74, 6) is -0.511. The molecule has 3 aromatic rings. The first-order valence-electron chi connectivity index (χ1n) is 12.1. The minimum absolute atomic E-state index is 0.0157. The Morgan fingerprint density at radius 3 is 2.29 bits per heavy atom. The zero-order valence-corrected chi connectivity index (χ0v) is 23.4. The van der Waals surface area contributed by atoms with Crippen LogP contribution in [0.25, 0.3) is 0 Å². The van der Waals surface area contributed by atoms with Gasteiger partial charge in [0.1, 0.15) is 18.3 Å². The van der Waals surface area contributed by atoms with E-state index in [2.05, 4.69) is 5.32 Å². The highest BCUT2D eigenvalue weighted by Gasteiger charge is 2.32. The number of nitrogens with one attached hydrogen (secondary N) is 1. The van der Waals surface area contributed by atoms with Crippen LogP contribution in [-0.4, -0.2) is 51.4 Å². The molecule has 0 aromatic heterocycles. The summed E-state index contributed by atoms with van der Waals surface area (Å²) in [6.45, 7) is 5.32. The summed E-state index contributed by atoms with van der Waals surface area (Å²) in [5.41, 5.74) is 1.99. The van der Waals surface area contributed by atoms with E-state index in [-0.39, 0.29) is 28.1 Å². The average Bonchev–Trinajstić information content (AvgIpc) is 2.91. The van der Waals surface area contributed by atoms with Gasteiger partial charge in [0.25, 0.3) is 10.0 Å². The van der Waals surface area contributed by atoms with Gasteiger partial charge in [-0.25, -0.2) is 8.42 Å². The van der Waals surface area contributed by atoms with Crippen molar-refractivity contribution in [3.63, 3.8) is 0 Å². The van der Waals surface area contributed by atoms with Crippen molar-refractivity contribution in [2.75, 3.05) is 24.5 Å². The molecule has 1 atom stereocenters. The minimum Gasteiger partial charge on any atom is -0.495 e. The van der Waals surface area contributed by atoms with Crippen LogP contribution < -0.4 is 14.4 Å². The summed E-state index contributed by atoms with van der Waals surface area (Å²) in [4.78, 5) is 28.1. The number of likely N-dealkylation sites (N-methyl/N-ethyl adjacent to an activating group) is 1. The highest BCUT2D eigenvalue weighted by Crippen LogP contribution is 2.32. The molecule has 0 bridgehead atoms. The second-order valence-corrected chi connectivity index (χ2v) is 10.9. The monoisotopic (exact) mass is 557 g/mol. The third-order valence-corrected chi connectivity index (χ3v) is 8.24. The van der Waals surface area contributed by atoms with Crippen LogP contribution in [0.4, 0.5) is 5.69 Å². The van der Waals surface area contributed by atoms with Crippen LogP contribution in [-0.2, 0) is 26.2 Å². The molecule has 10 heteroatoms. The molecule has 0 fully saturated rings. The molecule has 3 aromatic carbocycles. The Balaban J connectivity index is 2.06. The standard InChI is InChI=1S/C28H32ClN3O5S/c1-5-30-28(34)21(3)31(18-22-12-10-9-11-20(22)2)27(33)19-32(23-15-16-26(37-4)25(29)17-23)38(35,36)24-13-7-6-8-14-24/h6-17,21H,5,18-19H2,1-4H3,(H,30,34). The number of carbonyl (C=O) groups is 2. The van der Waals surface area contributed by atoms with Gasteiger partial charge in [-0.05, 0) is 62.2 Å². The Morgan fingerprint density at radius 2 is 1.68 bits per heavy atom. The van der Waals surface area contributed by atoms with Crippen LogP contribution >= 0.6 is 11.6 Å². The molecule has 0 saturated heterocycles. The molecular weight excluding hydrogens is 526 g/mol. The van der Waals surface area contributed by atoms with Gasteiger partial charge in [0.2, 0.25) is 11.8 Å². The van der Waals surface area contributed by atoms with Gasteiger partial charge in [0.05, 0.1) is 22.7 Å². The number of rotatable bonds is 11. The number of hydrogen-bond acceptors (Lipinski definition) is 5. The van der Waals surface area contributed by atoms with Crippen molar-refractivity contribution in [2.45, 2.75) is 38.3 Å². The zero-order chi connectivity index (χ0) is 27.9. The highest BCUT2D eigenvalue weighted by atomic mass is 35.5. The number of carbonyl (C=O) groups excluding carboxylic acids is 2. The van der Waals surface area contributed by atoms with E-state index in [4.69, 9.17) is 16.3 Å². The molecule has 8 nitrogen and oxygen atoms in total. The van der Waals surface area contributed by atoms with Crippen molar-refractivity contribution < 1.29 is 22.7 Å². The molecule has 1 N–H and O–H groups in total. The number of nitrogens with zero attached hydrogens (tertiary/aromatic N) is 2. The van der Waals surface area contributed by atoms with Crippen LogP contribution in [0.5, 0.6) is 5.75 Å². The summed E-state index contributed by atoms with van der Waals surface area (Å²) < 4.78 is 33.8. The topological polar surface area (TPSA) is 96.0 Å². The molecule has 0 spiro atoms. The van der Waals surface area contributed by atoms with E-state index in [1.165, 1.54) is 42.3 Å². The maximum Gasteiger partial charge on any atom is 0.264 e. The SMILES string of the molecule is CCNC(=O)C(C)N(Cc1ccccc1C)C(=O)CN(c1ccc(OC)c(Cl)c1)S(=O)(=O)c1ccccc1. The van der Waals surface area contributed by atoms with Crippen LogP contribution in [0.2, 0.25) is 5.02 Å². The third-order valence-electron chi connectivity index (χ3n) is 6.15. The third kappa shape index (κ3) is 6.65. The van der Waals surface area contributed by atoms with Gasteiger partial charge in [-0.1, -0.05) is 54.1 Å². The largest absolute Gasteiger partial charge is 0.495 e. The Hall–Kier alpha value is -3.56. The molecule has 2 amide bonds. The number of anilines is 1. The predicted molar refractivity (Wildman–Crippen MR) is 149 cm³/mol. The Kier molecular flexibility index (Phi) is 9.77. The fourth-order valence-corrected chi connectivity index (χ4v) is 5.61. The number of methoxy groups -OCH3 is 1.